The summed E-state index contributed by atoms with van der Waals surface area (Å²) in [5.41, 5.74) is 1.16. The van der Waals surface area contributed by atoms with Crippen LogP contribution in [0.25, 0.3) is 0 Å². The van der Waals surface area contributed by atoms with Gasteiger partial charge in [0.05, 0.1) is 0 Å². The van der Waals surface area contributed by atoms with Crippen LogP contribution in [0.15, 0.2) is 30.3 Å². The molecule has 0 saturated carbocycles. The molecule has 0 spiro atoms. The van der Waals surface area contributed by atoms with Crippen molar-refractivity contribution in [1.29, 1.82) is 0 Å². The monoisotopic (exact) mass is 211 g/mol. The number of nitrogens with one attached hydrogen (secondary N) is 1. The Morgan fingerprint density at radius 2 is 1.60 bits per heavy atom. The first-order valence-corrected chi connectivity index (χ1v) is 2.66. The number of hydrogen-bond donors (Lipinski definition) is 1. The van der Waals surface area contributed by atoms with Crippen molar-refractivity contribution >= 4 is 5.69 Å². The Hall–Kier alpha value is 0.124. The van der Waals surface area contributed by atoms with Crippen LogP contribution in [-0.2, 0) is 32.7 Å². The van der Waals surface area contributed by atoms with Gasteiger partial charge in [-0.1, -0.05) is 18.2 Å². The quantitative estimate of drug-likeness (QED) is 0.702. The number of anilines is 1. The third-order valence-electron chi connectivity index (χ3n) is 1.06. The van der Waals surface area contributed by atoms with E-state index < -0.39 is 0 Å². The molecule has 1 radical (unpaired) electrons. The van der Waals surface area contributed by atoms with Crippen LogP contribution in [-0.4, -0.2) is 7.05 Å². The summed E-state index contributed by atoms with van der Waals surface area (Å²) in [5.74, 6) is 0. The van der Waals surface area contributed by atoms with E-state index in [9.17, 15) is 0 Å². The van der Waals surface area contributed by atoms with E-state index in [4.69, 9.17) is 0 Å². The molecule has 0 aliphatic rings. The molecule has 0 saturated heterocycles. The smallest absolute Gasteiger partial charge is 0.0337 e. The molecular weight excluding hydrogens is 199 g/mol. The number of benzene rings is 1. The van der Waals surface area contributed by atoms with E-state index in [0.717, 1.165) is 5.69 Å². The molecule has 0 aliphatic heterocycles. The van der Waals surface area contributed by atoms with Gasteiger partial charge in [0.25, 0.3) is 0 Å². The minimum absolute atomic E-state index is 0. The average molecular weight is 211 g/mol. The van der Waals surface area contributed by atoms with Crippen LogP contribution in [0.1, 0.15) is 0 Å². The molecular formula is C8H12NY-. The Balaban J connectivity index is 0. The third kappa shape index (κ3) is 4.02. The zero-order valence-electron chi connectivity index (χ0n) is 6.46. The van der Waals surface area contributed by atoms with Gasteiger partial charge in [-0.05, 0) is 12.1 Å². The molecule has 1 nitrogen and oxygen atoms in total. The van der Waals surface area contributed by atoms with Gasteiger partial charge in [0.2, 0.25) is 0 Å². The van der Waals surface area contributed by atoms with E-state index in [1.165, 1.54) is 0 Å². The Kier molecular flexibility index (Phi) is 9.24. The van der Waals surface area contributed by atoms with Gasteiger partial charge in [-0.2, -0.15) is 0 Å². The van der Waals surface area contributed by atoms with Crippen LogP contribution in [0.5, 0.6) is 0 Å². The Morgan fingerprint density at radius 3 is 1.90 bits per heavy atom. The molecule has 1 rings (SSSR count). The van der Waals surface area contributed by atoms with E-state index in [-0.39, 0.29) is 40.1 Å². The van der Waals surface area contributed by atoms with E-state index in [1.807, 2.05) is 37.4 Å². The summed E-state index contributed by atoms with van der Waals surface area (Å²) in [4.78, 5) is 0. The summed E-state index contributed by atoms with van der Waals surface area (Å²) in [6, 6.07) is 10.1. The molecule has 0 bridgehead atoms. The molecule has 1 aromatic rings. The molecule has 0 atom stereocenters. The van der Waals surface area contributed by atoms with Gasteiger partial charge in [-0.25, -0.2) is 0 Å². The summed E-state index contributed by atoms with van der Waals surface area (Å²) < 4.78 is 0. The minimum Gasteiger partial charge on any atom is -0.388 e. The number of para-hydroxylation sites is 1. The maximum absolute atomic E-state index is 3.03. The second kappa shape index (κ2) is 7.23. The van der Waals surface area contributed by atoms with E-state index in [0.29, 0.717) is 0 Å². The zero-order valence-corrected chi connectivity index (χ0v) is 9.30. The van der Waals surface area contributed by atoms with Crippen LogP contribution >= 0.6 is 0 Å². The maximum Gasteiger partial charge on any atom is 0.0337 e. The van der Waals surface area contributed by atoms with Crippen molar-refractivity contribution in [3.8, 4) is 0 Å². The molecule has 0 amide bonds. The zero-order chi connectivity index (χ0) is 5.82. The average Bonchev–Trinajstić information content (AvgIpc) is 1.90. The molecule has 0 aliphatic carbocycles. The van der Waals surface area contributed by atoms with Gasteiger partial charge in [0, 0.05) is 45.4 Å². The molecule has 53 valence electrons. The van der Waals surface area contributed by atoms with Crippen molar-refractivity contribution in [2.45, 2.75) is 0 Å². The van der Waals surface area contributed by atoms with Crippen LogP contribution in [0, 0.1) is 7.43 Å². The summed E-state index contributed by atoms with van der Waals surface area (Å²) in [6.07, 6.45) is 0. The molecule has 0 unspecified atom stereocenters. The number of hydrogen-bond acceptors (Lipinski definition) is 1. The topological polar surface area (TPSA) is 12.0 Å². The second-order valence-electron chi connectivity index (χ2n) is 1.62. The van der Waals surface area contributed by atoms with Gasteiger partial charge in [0.15, 0.2) is 0 Å². The van der Waals surface area contributed by atoms with Crippen molar-refractivity contribution in [2.24, 2.45) is 0 Å². The number of rotatable bonds is 1. The molecule has 0 heterocycles. The van der Waals surface area contributed by atoms with Gasteiger partial charge in [0.1, 0.15) is 0 Å². The molecule has 1 aromatic carbocycles. The van der Waals surface area contributed by atoms with E-state index in [2.05, 4.69) is 5.32 Å². The SMILES string of the molecule is CNc1ccccc1.[CH3-].[Y]. The Morgan fingerprint density at radius 1 is 1.10 bits per heavy atom. The molecule has 10 heavy (non-hydrogen) atoms. The van der Waals surface area contributed by atoms with E-state index in [1.54, 1.807) is 0 Å². The molecule has 1 N–H and O–H groups in total. The van der Waals surface area contributed by atoms with Crippen molar-refractivity contribution in [2.75, 3.05) is 12.4 Å². The van der Waals surface area contributed by atoms with Gasteiger partial charge in [-0.3, -0.25) is 0 Å². The fraction of sp³-hybridized carbons (Fsp3) is 0.125. The Labute approximate surface area is 88.1 Å². The van der Waals surface area contributed by atoms with Gasteiger partial charge in [-0.15, -0.1) is 0 Å². The predicted molar refractivity (Wildman–Crippen MR) is 42.4 cm³/mol. The Bertz CT molecular complexity index is 151. The first kappa shape index (κ1) is 12.8. The summed E-state index contributed by atoms with van der Waals surface area (Å²) in [6.45, 7) is 0. The third-order valence-corrected chi connectivity index (χ3v) is 1.06. The summed E-state index contributed by atoms with van der Waals surface area (Å²) >= 11 is 0. The minimum atomic E-state index is 0. The van der Waals surface area contributed by atoms with Crippen molar-refractivity contribution < 1.29 is 32.7 Å². The second-order valence-corrected chi connectivity index (χ2v) is 1.62. The van der Waals surface area contributed by atoms with Crippen LogP contribution in [0.2, 0.25) is 0 Å². The van der Waals surface area contributed by atoms with Crippen molar-refractivity contribution in [1.82, 2.24) is 0 Å². The maximum atomic E-state index is 3.03. The first-order valence-electron chi connectivity index (χ1n) is 2.66. The van der Waals surface area contributed by atoms with Crippen LogP contribution in [0.3, 0.4) is 0 Å². The molecule has 2 heteroatoms. The fourth-order valence-corrected chi connectivity index (χ4v) is 0.605. The normalized spacial score (nSPS) is 6.90. The summed E-state index contributed by atoms with van der Waals surface area (Å²) in [5, 5.41) is 3.03. The van der Waals surface area contributed by atoms with E-state index >= 15 is 0 Å². The fourth-order valence-electron chi connectivity index (χ4n) is 0.605. The van der Waals surface area contributed by atoms with Crippen LogP contribution < -0.4 is 5.32 Å². The van der Waals surface area contributed by atoms with Crippen molar-refractivity contribution in [3.05, 3.63) is 37.8 Å². The summed E-state index contributed by atoms with van der Waals surface area (Å²) in [7, 11) is 1.91. The first-order chi connectivity index (χ1) is 3.93. The largest absolute Gasteiger partial charge is 0.388 e. The van der Waals surface area contributed by atoms with Gasteiger partial charge >= 0.3 is 0 Å². The molecule has 0 fully saturated rings. The van der Waals surface area contributed by atoms with Gasteiger partial charge < -0.3 is 12.7 Å². The standard InChI is InChI=1S/C7H9N.CH3.Y/c1-8-7-5-3-2-4-6-7;;/h2-6,8H,1H3;1H3;/q;-1;. The van der Waals surface area contributed by atoms with Crippen LogP contribution in [0.4, 0.5) is 5.69 Å². The van der Waals surface area contributed by atoms with Crippen molar-refractivity contribution in [3.63, 3.8) is 0 Å². The predicted octanol–water partition coefficient (Wildman–Crippen LogP) is 2.18. The molecule has 0 aromatic heterocycles.